The van der Waals surface area contributed by atoms with Crippen molar-refractivity contribution in [1.82, 2.24) is 9.78 Å². The van der Waals surface area contributed by atoms with Gasteiger partial charge in [0.05, 0.1) is 0 Å². The maximum absolute atomic E-state index is 12.2. The SMILES string of the molecule is CCc1ccc(NC(=O)Cn2nc(SC)c(S(C)(=O)=O)c2N)cc1. The molecule has 0 spiro atoms. The molecule has 1 amide bonds. The highest BCUT2D eigenvalue weighted by molar-refractivity contribution is 7.99. The zero-order valence-electron chi connectivity index (χ0n) is 13.7. The first-order chi connectivity index (χ1) is 11.3. The molecule has 0 atom stereocenters. The van der Waals surface area contributed by atoms with Gasteiger partial charge in [-0.2, -0.15) is 5.10 Å². The Bertz CT molecular complexity index is 842. The van der Waals surface area contributed by atoms with Gasteiger partial charge in [0.25, 0.3) is 0 Å². The van der Waals surface area contributed by atoms with Crippen molar-refractivity contribution in [3.63, 3.8) is 0 Å². The van der Waals surface area contributed by atoms with Crippen molar-refractivity contribution < 1.29 is 13.2 Å². The minimum atomic E-state index is -3.52. The number of aromatic nitrogens is 2. The molecule has 0 aliphatic heterocycles. The summed E-state index contributed by atoms with van der Waals surface area (Å²) >= 11 is 1.17. The molecular weight excluding hydrogens is 348 g/mol. The fraction of sp³-hybridized carbons (Fsp3) is 0.333. The largest absolute Gasteiger partial charge is 0.383 e. The van der Waals surface area contributed by atoms with Crippen molar-refractivity contribution in [1.29, 1.82) is 0 Å². The number of hydrogen-bond acceptors (Lipinski definition) is 6. The summed E-state index contributed by atoms with van der Waals surface area (Å²) in [7, 11) is -3.52. The number of hydrogen-bond donors (Lipinski definition) is 2. The van der Waals surface area contributed by atoms with Crippen LogP contribution in [0.15, 0.2) is 34.2 Å². The topological polar surface area (TPSA) is 107 Å². The highest BCUT2D eigenvalue weighted by atomic mass is 32.2. The van der Waals surface area contributed by atoms with E-state index in [-0.39, 0.29) is 28.2 Å². The van der Waals surface area contributed by atoms with Gasteiger partial charge in [-0.1, -0.05) is 19.1 Å². The third kappa shape index (κ3) is 4.09. The minimum absolute atomic E-state index is 0.0293. The quantitative estimate of drug-likeness (QED) is 0.753. The van der Waals surface area contributed by atoms with Gasteiger partial charge in [-0.3, -0.25) is 4.79 Å². The second-order valence-electron chi connectivity index (χ2n) is 5.25. The Kier molecular flexibility index (Phi) is 5.55. The van der Waals surface area contributed by atoms with Crippen LogP contribution in [0, 0.1) is 0 Å². The lowest BCUT2D eigenvalue weighted by Gasteiger charge is -2.07. The first-order valence-electron chi connectivity index (χ1n) is 7.25. The molecule has 1 heterocycles. The van der Waals surface area contributed by atoms with E-state index >= 15 is 0 Å². The number of amides is 1. The molecule has 0 bridgehead atoms. The van der Waals surface area contributed by atoms with Crippen molar-refractivity contribution in [2.45, 2.75) is 29.8 Å². The number of nitrogen functional groups attached to an aromatic ring is 1. The number of nitrogens with two attached hydrogens (primary N) is 1. The molecule has 1 aromatic carbocycles. The van der Waals surface area contributed by atoms with E-state index < -0.39 is 9.84 Å². The standard InChI is InChI=1S/C15H20N4O3S2/c1-4-10-5-7-11(8-6-10)17-12(20)9-19-14(16)13(24(3,21)22)15(18-19)23-2/h5-8H,4,9,16H2,1-3H3,(H,17,20). The average molecular weight is 368 g/mol. The fourth-order valence-electron chi connectivity index (χ4n) is 2.20. The molecule has 9 heteroatoms. The molecular formula is C15H20N4O3S2. The van der Waals surface area contributed by atoms with Gasteiger partial charge in [-0.25, -0.2) is 13.1 Å². The number of thioether (sulfide) groups is 1. The highest BCUT2D eigenvalue weighted by Crippen LogP contribution is 2.29. The number of anilines is 2. The first kappa shape index (κ1) is 18.3. The highest BCUT2D eigenvalue weighted by Gasteiger charge is 2.24. The minimum Gasteiger partial charge on any atom is -0.383 e. The molecule has 0 aliphatic rings. The van der Waals surface area contributed by atoms with E-state index in [9.17, 15) is 13.2 Å². The third-order valence-corrected chi connectivity index (χ3v) is 5.37. The molecule has 2 rings (SSSR count). The molecule has 7 nitrogen and oxygen atoms in total. The van der Waals surface area contributed by atoms with Crippen LogP contribution in [0.5, 0.6) is 0 Å². The van der Waals surface area contributed by atoms with E-state index in [4.69, 9.17) is 5.73 Å². The van der Waals surface area contributed by atoms with Gasteiger partial charge < -0.3 is 11.1 Å². The maximum Gasteiger partial charge on any atom is 0.246 e. The molecule has 3 N–H and O–H groups in total. The molecule has 0 aliphatic carbocycles. The van der Waals surface area contributed by atoms with Crippen molar-refractivity contribution in [3.05, 3.63) is 29.8 Å². The maximum atomic E-state index is 12.2. The van der Waals surface area contributed by atoms with E-state index in [2.05, 4.69) is 17.3 Å². The number of nitrogens with one attached hydrogen (secondary N) is 1. The monoisotopic (exact) mass is 368 g/mol. The number of benzene rings is 1. The van der Waals surface area contributed by atoms with E-state index in [1.54, 1.807) is 6.26 Å². The van der Waals surface area contributed by atoms with Gasteiger partial charge in [-0.15, -0.1) is 11.8 Å². The van der Waals surface area contributed by atoms with Crippen LogP contribution in [-0.2, 0) is 27.6 Å². The molecule has 2 aromatic rings. The Hall–Kier alpha value is -2.00. The van der Waals surface area contributed by atoms with Crippen LogP contribution < -0.4 is 11.1 Å². The van der Waals surface area contributed by atoms with E-state index in [1.165, 1.54) is 22.0 Å². The summed E-state index contributed by atoms with van der Waals surface area (Å²) < 4.78 is 24.9. The lowest BCUT2D eigenvalue weighted by molar-refractivity contribution is -0.116. The van der Waals surface area contributed by atoms with Gasteiger partial charge in [-0.05, 0) is 30.4 Å². The van der Waals surface area contributed by atoms with Gasteiger partial charge in [0, 0.05) is 11.9 Å². The molecule has 0 unspecified atom stereocenters. The summed E-state index contributed by atoms with van der Waals surface area (Å²) in [5.74, 6) is -0.362. The smallest absolute Gasteiger partial charge is 0.246 e. The van der Waals surface area contributed by atoms with E-state index in [1.807, 2.05) is 24.3 Å². The van der Waals surface area contributed by atoms with Crippen LogP contribution >= 0.6 is 11.8 Å². The first-order valence-corrected chi connectivity index (χ1v) is 10.4. The summed E-state index contributed by atoms with van der Waals surface area (Å²) in [5, 5.41) is 7.15. The van der Waals surface area contributed by atoms with Gasteiger partial charge >= 0.3 is 0 Å². The number of aryl methyl sites for hydroxylation is 1. The summed E-state index contributed by atoms with van der Waals surface area (Å²) in [5.41, 5.74) is 7.71. The summed E-state index contributed by atoms with van der Waals surface area (Å²) in [6, 6.07) is 7.51. The van der Waals surface area contributed by atoms with Crippen LogP contribution in [0.1, 0.15) is 12.5 Å². The fourth-order valence-corrected chi connectivity index (χ4v) is 4.22. The zero-order chi connectivity index (χ0) is 17.9. The van der Waals surface area contributed by atoms with E-state index in [0.717, 1.165) is 12.7 Å². The summed E-state index contributed by atoms with van der Waals surface area (Å²) in [6.45, 7) is 1.89. The van der Waals surface area contributed by atoms with Crippen LogP contribution in [0.4, 0.5) is 11.5 Å². The van der Waals surface area contributed by atoms with Crippen LogP contribution in [0.2, 0.25) is 0 Å². The Morgan fingerprint density at radius 1 is 1.33 bits per heavy atom. The van der Waals surface area contributed by atoms with Crippen LogP contribution in [0.25, 0.3) is 0 Å². The Labute approximate surface area is 145 Å². The lowest BCUT2D eigenvalue weighted by atomic mass is 10.1. The molecule has 0 fully saturated rings. The predicted octanol–water partition coefficient (Wildman–Crippen LogP) is 1.79. The predicted molar refractivity (Wildman–Crippen MR) is 96.0 cm³/mol. The van der Waals surface area contributed by atoms with Gasteiger partial charge in [0.15, 0.2) is 9.84 Å². The molecule has 0 radical (unpaired) electrons. The lowest BCUT2D eigenvalue weighted by Crippen LogP contribution is -2.21. The number of rotatable bonds is 6. The Morgan fingerprint density at radius 3 is 2.42 bits per heavy atom. The number of sulfone groups is 1. The third-order valence-electron chi connectivity index (χ3n) is 3.42. The van der Waals surface area contributed by atoms with Crippen molar-refractivity contribution >= 4 is 39.0 Å². The number of carbonyl (C=O) groups is 1. The van der Waals surface area contributed by atoms with Crippen molar-refractivity contribution in [3.8, 4) is 0 Å². The van der Waals surface area contributed by atoms with Gasteiger partial charge in [0.2, 0.25) is 5.91 Å². The second-order valence-corrected chi connectivity index (χ2v) is 8.00. The van der Waals surface area contributed by atoms with Crippen LogP contribution in [-0.4, -0.2) is 36.6 Å². The molecule has 24 heavy (non-hydrogen) atoms. The van der Waals surface area contributed by atoms with E-state index in [0.29, 0.717) is 5.69 Å². The number of nitrogens with zero attached hydrogens (tertiary/aromatic N) is 2. The van der Waals surface area contributed by atoms with Crippen molar-refractivity contribution in [2.75, 3.05) is 23.6 Å². The molecule has 130 valence electrons. The molecule has 0 saturated heterocycles. The second kappa shape index (κ2) is 7.27. The van der Waals surface area contributed by atoms with Gasteiger partial charge in [0.1, 0.15) is 22.3 Å². The Balaban J connectivity index is 2.18. The van der Waals surface area contributed by atoms with Crippen molar-refractivity contribution in [2.24, 2.45) is 0 Å². The zero-order valence-corrected chi connectivity index (χ0v) is 15.4. The summed E-state index contributed by atoms with van der Waals surface area (Å²) in [6.07, 6.45) is 3.69. The Morgan fingerprint density at radius 2 is 1.96 bits per heavy atom. The average Bonchev–Trinajstić information content (AvgIpc) is 2.84. The number of carbonyl (C=O) groups excluding carboxylic acids is 1. The van der Waals surface area contributed by atoms with Crippen LogP contribution in [0.3, 0.4) is 0 Å². The molecule has 1 aromatic heterocycles. The normalized spacial score (nSPS) is 11.5. The summed E-state index contributed by atoms with van der Waals surface area (Å²) in [4.78, 5) is 12.1. The molecule has 0 saturated carbocycles.